The molecule has 5 heteroatoms. The van der Waals surface area contributed by atoms with E-state index in [1.54, 1.807) is 0 Å². The highest BCUT2D eigenvalue weighted by Gasteiger charge is 2.24. The topological polar surface area (TPSA) is 74.2 Å². The number of aromatic amines is 1. The molecule has 3 aromatic rings. The summed E-state index contributed by atoms with van der Waals surface area (Å²) in [7, 11) is 0. The van der Waals surface area contributed by atoms with E-state index in [2.05, 4.69) is 40.1 Å². The smallest absolute Gasteiger partial charge is 0.156 e. The molecule has 0 saturated carbocycles. The number of nitrogens with zero attached hydrogens (tertiary/aromatic N) is 3. The van der Waals surface area contributed by atoms with Crippen LogP contribution in [0.15, 0.2) is 71.1 Å². The fourth-order valence-electron chi connectivity index (χ4n) is 3.56. The van der Waals surface area contributed by atoms with Crippen LogP contribution < -0.4 is 0 Å². The second-order valence-corrected chi connectivity index (χ2v) is 7.97. The van der Waals surface area contributed by atoms with Crippen molar-refractivity contribution in [3.8, 4) is 22.5 Å². The first-order valence-corrected chi connectivity index (χ1v) is 10.3. The first kappa shape index (κ1) is 21.7. The van der Waals surface area contributed by atoms with E-state index in [4.69, 9.17) is 0 Å². The van der Waals surface area contributed by atoms with Gasteiger partial charge in [-0.15, -0.1) is 0 Å². The van der Waals surface area contributed by atoms with Crippen molar-refractivity contribution in [2.24, 2.45) is 4.99 Å². The summed E-state index contributed by atoms with van der Waals surface area (Å²) < 4.78 is 0. The molecule has 0 radical (unpaired) electrons. The van der Waals surface area contributed by atoms with Crippen LogP contribution in [0.2, 0.25) is 0 Å². The normalized spacial score (nSPS) is 14.9. The van der Waals surface area contributed by atoms with Gasteiger partial charge in [-0.3, -0.25) is 10.1 Å². The van der Waals surface area contributed by atoms with Gasteiger partial charge in [0.15, 0.2) is 5.82 Å². The lowest BCUT2D eigenvalue weighted by molar-refractivity contribution is 0.0652. The molecule has 2 N–H and O–H groups in total. The molecule has 3 rings (SSSR count). The summed E-state index contributed by atoms with van der Waals surface area (Å²) in [6.45, 7) is 10.1. The van der Waals surface area contributed by atoms with Gasteiger partial charge >= 0.3 is 0 Å². The van der Waals surface area contributed by atoms with Gasteiger partial charge in [-0.05, 0) is 50.8 Å². The van der Waals surface area contributed by atoms with Crippen molar-refractivity contribution >= 4 is 5.71 Å². The minimum atomic E-state index is -0.989. The number of H-pyrrole nitrogens is 1. The molecule has 0 spiro atoms. The number of hydrogen-bond donors (Lipinski definition) is 2. The van der Waals surface area contributed by atoms with E-state index in [0.717, 1.165) is 45.9 Å². The van der Waals surface area contributed by atoms with Crippen molar-refractivity contribution in [3.05, 3.63) is 71.7 Å². The van der Waals surface area contributed by atoms with E-state index in [9.17, 15) is 5.11 Å². The Morgan fingerprint density at radius 1 is 1.03 bits per heavy atom. The number of aliphatic hydroxyl groups is 1. The van der Waals surface area contributed by atoms with Gasteiger partial charge in [0.25, 0.3) is 0 Å². The Hall–Kier alpha value is -3.05. The Bertz CT molecular complexity index is 1050. The highest BCUT2D eigenvalue weighted by molar-refractivity contribution is 5.84. The van der Waals surface area contributed by atoms with E-state index >= 15 is 0 Å². The van der Waals surface area contributed by atoms with Crippen LogP contribution in [0.1, 0.15) is 53.0 Å². The maximum Gasteiger partial charge on any atom is 0.156 e. The predicted octanol–water partition coefficient (Wildman–Crippen LogP) is 5.90. The van der Waals surface area contributed by atoms with Gasteiger partial charge < -0.3 is 5.11 Å². The first-order valence-electron chi connectivity index (χ1n) is 10.3. The lowest BCUT2D eigenvalue weighted by Crippen LogP contribution is -2.24. The molecule has 0 aliphatic rings. The number of aliphatic imine (C=N–C) groups is 1. The average molecular weight is 403 g/mol. The lowest BCUT2D eigenvalue weighted by atomic mass is 9.89. The van der Waals surface area contributed by atoms with Crippen molar-refractivity contribution in [1.82, 2.24) is 15.2 Å². The highest BCUT2D eigenvalue weighted by atomic mass is 16.3. The van der Waals surface area contributed by atoms with Crippen LogP contribution in [0.3, 0.4) is 0 Å². The van der Waals surface area contributed by atoms with Gasteiger partial charge in [0.2, 0.25) is 0 Å². The van der Waals surface area contributed by atoms with Crippen molar-refractivity contribution in [1.29, 1.82) is 0 Å². The number of hydrogen-bond acceptors (Lipinski definition) is 4. The summed E-state index contributed by atoms with van der Waals surface area (Å²) in [4.78, 5) is 8.96. The summed E-state index contributed by atoms with van der Waals surface area (Å²) in [5.74, 6) is 0.735. The molecule has 0 aliphatic heterocycles. The molecule has 0 amide bonds. The summed E-state index contributed by atoms with van der Waals surface area (Å²) in [6, 6.07) is 16.1. The Morgan fingerprint density at radius 3 is 2.30 bits per heavy atom. The van der Waals surface area contributed by atoms with Crippen LogP contribution in [-0.4, -0.2) is 26.0 Å². The molecule has 2 aromatic carbocycles. The van der Waals surface area contributed by atoms with Gasteiger partial charge in [0.05, 0.1) is 5.60 Å². The fourth-order valence-corrected chi connectivity index (χ4v) is 3.56. The molecule has 0 aliphatic carbocycles. The molecule has 30 heavy (non-hydrogen) atoms. The zero-order valence-corrected chi connectivity index (χ0v) is 18.4. The summed E-state index contributed by atoms with van der Waals surface area (Å²) >= 11 is 0. The number of aromatic nitrogens is 3. The maximum absolute atomic E-state index is 11.1. The molecule has 1 unspecified atom stereocenters. The van der Waals surface area contributed by atoms with Gasteiger partial charge in [0, 0.05) is 23.4 Å². The number of rotatable bonds is 7. The largest absolute Gasteiger partial charge is 0.385 e. The molecule has 0 fully saturated rings. The first-order chi connectivity index (χ1) is 14.3. The molecule has 1 aromatic heterocycles. The Balaban J connectivity index is 1.85. The maximum atomic E-state index is 11.1. The van der Waals surface area contributed by atoms with Crippen molar-refractivity contribution in [2.75, 3.05) is 0 Å². The SMILES string of the molecule is CC/C(C)=C(\C)N=C(C)CC(C)(O)c1ccc(-c2ccccc2-c2ncn[nH]2)cc1. The van der Waals surface area contributed by atoms with Gasteiger partial charge in [-0.2, -0.15) is 5.10 Å². The Labute approximate surface area is 178 Å². The van der Waals surface area contributed by atoms with Crippen LogP contribution in [0.5, 0.6) is 0 Å². The number of benzene rings is 2. The molecule has 5 nitrogen and oxygen atoms in total. The van der Waals surface area contributed by atoms with E-state index in [1.807, 2.05) is 63.2 Å². The lowest BCUT2D eigenvalue weighted by Gasteiger charge is -2.24. The molecule has 0 saturated heterocycles. The molecule has 1 atom stereocenters. The molecular weight excluding hydrogens is 372 g/mol. The predicted molar refractivity (Wildman–Crippen MR) is 123 cm³/mol. The van der Waals surface area contributed by atoms with Crippen LogP contribution in [-0.2, 0) is 5.60 Å². The zero-order chi connectivity index (χ0) is 21.7. The number of allylic oxidation sites excluding steroid dienone is 2. The Kier molecular flexibility index (Phi) is 6.63. The molecule has 156 valence electrons. The highest BCUT2D eigenvalue weighted by Crippen LogP contribution is 2.32. The van der Waals surface area contributed by atoms with Crippen LogP contribution in [0.25, 0.3) is 22.5 Å². The third-order valence-corrected chi connectivity index (χ3v) is 5.52. The summed E-state index contributed by atoms with van der Waals surface area (Å²) in [5.41, 5.74) is 6.21. The molecule has 0 bridgehead atoms. The second-order valence-electron chi connectivity index (χ2n) is 7.97. The van der Waals surface area contributed by atoms with Crippen molar-refractivity contribution < 1.29 is 5.11 Å². The van der Waals surface area contributed by atoms with Gasteiger partial charge in [0.1, 0.15) is 6.33 Å². The summed E-state index contributed by atoms with van der Waals surface area (Å²) in [5, 5.41) is 18.0. The number of nitrogens with one attached hydrogen (secondary N) is 1. The minimum absolute atomic E-state index is 0.481. The fraction of sp³-hybridized carbons (Fsp3) is 0.320. The molecule has 1 heterocycles. The van der Waals surface area contributed by atoms with Crippen molar-refractivity contribution in [3.63, 3.8) is 0 Å². The average Bonchev–Trinajstić information content (AvgIpc) is 3.27. The molecular formula is C25H30N4O. The second kappa shape index (κ2) is 9.18. The van der Waals surface area contributed by atoms with Gasteiger partial charge in [-0.1, -0.05) is 61.0 Å². The summed E-state index contributed by atoms with van der Waals surface area (Å²) in [6.07, 6.45) is 2.97. The standard InChI is InChI=1S/C25H30N4O/c1-6-17(2)19(4)28-18(3)15-25(5,30)21-13-11-20(12-14-21)22-9-7-8-10-23(22)24-26-16-27-29-24/h7-14,16,30H,6,15H2,1-5H3,(H,26,27,29)/b19-17+,28-18?. The van der Waals surface area contributed by atoms with Crippen LogP contribution in [0, 0.1) is 0 Å². The minimum Gasteiger partial charge on any atom is -0.385 e. The van der Waals surface area contributed by atoms with Gasteiger partial charge in [-0.25, -0.2) is 4.98 Å². The van der Waals surface area contributed by atoms with Crippen molar-refractivity contribution in [2.45, 2.75) is 53.1 Å². The third-order valence-electron chi connectivity index (χ3n) is 5.52. The quantitative estimate of drug-likeness (QED) is 0.483. The van der Waals surface area contributed by atoms with Crippen LogP contribution >= 0.6 is 0 Å². The zero-order valence-electron chi connectivity index (χ0n) is 18.4. The van der Waals surface area contributed by atoms with E-state index in [-0.39, 0.29) is 0 Å². The third kappa shape index (κ3) is 4.92. The van der Waals surface area contributed by atoms with Crippen LogP contribution in [0.4, 0.5) is 0 Å². The van der Waals surface area contributed by atoms with E-state index in [0.29, 0.717) is 6.42 Å². The van der Waals surface area contributed by atoms with E-state index in [1.165, 1.54) is 11.9 Å². The van der Waals surface area contributed by atoms with E-state index < -0.39 is 5.60 Å². The Morgan fingerprint density at radius 2 is 1.70 bits per heavy atom. The monoisotopic (exact) mass is 402 g/mol.